The largest absolute Gasteiger partial charge is 0.462 e. The summed E-state index contributed by atoms with van der Waals surface area (Å²) >= 11 is 0. The molecular formula is C62H86N12O25. The number of guanidine groups is 2. The summed E-state index contributed by atoms with van der Waals surface area (Å²) in [6.45, 7) is -1.40. The highest BCUT2D eigenvalue weighted by Gasteiger charge is 2.54. The lowest BCUT2D eigenvalue weighted by Gasteiger charge is -2.46. The maximum Gasteiger partial charge on any atom is 0.246 e. The SMILES string of the molecule is Cc1ccc(COC[C@H]2O[C@H](O[C@H]3[C@H](O)[C@H](O)[C@@H](Oc4ccc(C[C@H]5NC(=O)[C@H]([C@@H](C)c6ccccc6)NC(=O)CNC(=O)[C@H](CO)NC(=O)[C@@H]([C@@H](O)[C@@H]6CN=C(N)N6[C@H]6O[C@H](CO)[C@@H](O)[C@H](O)[C@@H]6O)NC(=O)[C@H]([C@@H](O)[C@@H]6CN=C(N)N6)NC5=O)cc4)O[C@@H]3CO)[C@@H](O)[C@@H](O)[C@@H]2O)cc1. The van der Waals surface area contributed by atoms with Crippen molar-refractivity contribution < 1.29 is 124 Å². The summed E-state index contributed by atoms with van der Waals surface area (Å²) in [5.41, 5.74) is 14.7. The van der Waals surface area contributed by atoms with E-state index in [0.717, 1.165) is 16.0 Å². The molecule has 9 rings (SSSR count). The summed E-state index contributed by atoms with van der Waals surface area (Å²) in [5.74, 6) is -8.97. The van der Waals surface area contributed by atoms with Gasteiger partial charge in [-0.05, 0) is 35.7 Å². The number of aryl methyl sites for hydroxylation is 1. The Morgan fingerprint density at radius 1 is 0.576 bits per heavy atom. The molecule has 0 radical (unpaired) electrons. The van der Waals surface area contributed by atoms with Gasteiger partial charge in [-0.2, -0.15) is 0 Å². The van der Waals surface area contributed by atoms with Crippen LogP contribution in [0.25, 0.3) is 0 Å². The number of nitrogens with one attached hydrogen (secondary N) is 7. The van der Waals surface area contributed by atoms with Crippen LogP contribution in [-0.4, -0.2) is 311 Å². The van der Waals surface area contributed by atoms with Gasteiger partial charge < -0.3 is 148 Å². The number of rotatable bonds is 20. The van der Waals surface area contributed by atoms with Crippen LogP contribution < -0.4 is 53.4 Å². The number of hydrogen-bond donors (Lipinski definition) is 22. The first-order chi connectivity index (χ1) is 47.2. The van der Waals surface area contributed by atoms with Crippen molar-refractivity contribution in [3.8, 4) is 5.75 Å². The minimum Gasteiger partial charge on any atom is -0.462 e. The zero-order valence-corrected chi connectivity index (χ0v) is 53.5. The van der Waals surface area contributed by atoms with E-state index in [1.807, 2.05) is 31.2 Å². The Balaban J connectivity index is 0.981. The molecule has 6 aliphatic heterocycles. The number of aliphatic hydroxyl groups is 13. The fourth-order valence-electron chi connectivity index (χ4n) is 12.2. The van der Waals surface area contributed by atoms with E-state index in [9.17, 15) is 85.6 Å². The second kappa shape index (κ2) is 33.5. The lowest BCUT2D eigenvalue weighted by molar-refractivity contribution is -0.353. The zero-order valence-electron chi connectivity index (χ0n) is 53.5. The summed E-state index contributed by atoms with van der Waals surface area (Å²) in [6.07, 6.45) is -31.3. The van der Waals surface area contributed by atoms with E-state index in [4.69, 9.17) is 39.9 Å². The monoisotopic (exact) mass is 1400 g/mol. The van der Waals surface area contributed by atoms with Crippen molar-refractivity contribution in [2.45, 2.75) is 179 Å². The van der Waals surface area contributed by atoms with Crippen LogP contribution in [0.2, 0.25) is 0 Å². The van der Waals surface area contributed by atoms with Crippen molar-refractivity contribution in [3.05, 3.63) is 101 Å². The number of nitrogens with zero attached hydrogens (tertiary/aromatic N) is 3. The van der Waals surface area contributed by atoms with E-state index >= 15 is 9.59 Å². The molecule has 6 aliphatic rings. The molecule has 6 heterocycles. The molecule has 4 saturated heterocycles. The van der Waals surface area contributed by atoms with Crippen LogP contribution in [0, 0.1) is 6.92 Å². The third kappa shape index (κ3) is 17.6. The number of carbonyl (C=O) groups excluding carboxylic acids is 6. The summed E-state index contributed by atoms with van der Waals surface area (Å²) in [4.78, 5) is 96.5. The number of benzene rings is 3. The normalized spacial score (nSPS) is 35.4. The van der Waals surface area contributed by atoms with E-state index in [1.54, 1.807) is 37.3 Å². The van der Waals surface area contributed by atoms with Gasteiger partial charge in [0.05, 0.1) is 64.8 Å². The van der Waals surface area contributed by atoms with Gasteiger partial charge in [-0.1, -0.05) is 79.2 Å². The number of aliphatic hydroxyl groups excluding tert-OH is 13. The first-order valence-electron chi connectivity index (χ1n) is 31.8. The second-order valence-electron chi connectivity index (χ2n) is 24.9. The lowest BCUT2D eigenvalue weighted by Crippen LogP contribution is -2.70. The van der Waals surface area contributed by atoms with Crippen molar-refractivity contribution in [2.75, 3.05) is 46.1 Å². The molecule has 6 amide bonds. The molecule has 544 valence electrons. The summed E-state index contributed by atoms with van der Waals surface area (Å²) in [7, 11) is 0. The average Bonchev–Trinajstić information content (AvgIpc) is 1.76. The number of amides is 6. The molecule has 24 N–H and O–H groups in total. The minimum absolute atomic E-state index is 0.0629. The molecule has 0 saturated carbocycles. The van der Waals surface area contributed by atoms with Gasteiger partial charge in [0.1, 0.15) is 121 Å². The first-order valence-corrected chi connectivity index (χ1v) is 31.8. The third-order valence-electron chi connectivity index (χ3n) is 18.0. The van der Waals surface area contributed by atoms with Crippen LogP contribution in [-0.2, 0) is 65.5 Å². The molecular weight excluding hydrogens is 1310 g/mol. The van der Waals surface area contributed by atoms with Gasteiger partial charge in [-0.25, -0.2) is 0 Å². The summed E-state index contributed by atoms with van der Waals surface area (Å²) < 4.78 is 34.9. The van der Waals surface area contributed by atoms with Gasteiger partial charge in [0, 0.05) is 12.3 Å². The number of ether oxygens (including phenoxy) is 6. The Kier molecular flexibility index (Phi) is 25.5. The van der Waals surface area contributed by atoms with E-state index in [0.29, 0.717) is 5.56 Å². The van der Waals surface area contributed by atoms with Crippen molar-refractivity contribution in [1.82, 2.24) is 42.1 Å². The number of aliphatic imine (C=N–C) groups is 2. The molecule has 37 heteroatoms. The number of nitrogens with two attached hydrogens (primary N) is 2. The quantitative estimate of drug-likeness (QED) is 0.0499. The molecule has 0 aromatic heterocycles. The van der Waals surface area contributed by atoms with Crippen molar-refractivity contribution in [2.24, 2.45) is 21.5 Å². The highest BCUT2D eigenvalue weighted by atomic mass is 16.7. The first kappa shape index (κ1) is 75.3. The summed E-state index contributed by atoms with van der Waals surface area (Å²) in [6, 6.07) is 8.32. The fourth-order valence-corrected chi connectivity index (χ4v) is 12.2. The zero-order chi connectivity index (χ0) is 71.7. The standard InChI is InChI=1S/C62H86N12O25/c1-25-8-10-28(11-9-25)23-94-24-37-45(82)47(84)50(87)60(98-37)99-52-36(22-77)97-59(51(88)48(52)85)95-30-14-12-27(13-15-30)16-31-54(90)72-40(42(79)32-17-66-61(63)70-32)57(93)73-41(43(80)34-18-67-62(64)74(34)58-49(86)46(83)44(81)35(21-76)96-58)56(92)69-33(20-75)53(89)65-19-38(78)71-39(55(91)68-31)26(2)29-6-4-3-5-7-29/h3-15,26,31-37,39-52,58-60,75-77,79-88H,16-24H2,1-2H3,(H2,64,67)(H,65,89)(H,68,91)(H,69,92)(H,71,78)(H,72,90)(H,73,93)(H3,63,66,70)/t26-,31+,32-,33-,34-,35+,36+,37+,39-,40-,41+,42-,43-,44+,45+,46-,47-,48+,49-,50-,51-,52+,58-,59-,60+/m0/s1. The summed E-state index contributed by atoms with van der Waals surface area (Å²) in [5, 5.41) is 160. The van der Waals surface area contributed by atoms with Crippen LogP contribution in [0.5, 0.6) is 5.75 Å². The molecule has 99 heavy (non-hydrogen) atoms. The fraction of sp³-hybridized carbons (Fsp3) is 0.581. The molecule has 0 spiro atoms. The lowest BCUT2D eigenvalue weighted by atomic mass is 9.92. The van der Waals surface area contributed by atoms with E-state index in [1.165, 1.54) is 24.3 Å². The number of carbonyl (C=O) groups is 6. The van der Waals surface area contributed by atoms with Crippen LogP contribution in [0.3, 0.4) is 0 Å². The molecule has 25 atom stereocenters. The van der Waals surface area contributed by atoms with Crippen LogP contribution >= 0.6 is 0 Å². The van der Waals surface area contributed by atoms with Crippen LogP contribution in [0.1, 0.15) is 35.1 Å². The van der Waals surface area contributed by atoms with Crippen molar-refractivity contribution in [1.29, 1.82) is 0 Å². The molecule has 0 aliphatic carbocycles. The molecule has 0 bridgehead atoms. The smallest absolute Gasteiger partial charge is 0.246 e. The van der Waals surface area contributed by atoms with Crippen LogP contribution in [0.15, 0.2) is 88.8 Å². The molecule has 3 aromatic carbocycles. The van der Waals surface area contributed by atoms with Gasteiger partial charge in [0.25, 0.3) is 0 Å². The Hall–Kier alpha value is -7.90. The minimum atomic E-state index is -2.35. The van der Waals surface area contributed by atoms with Gasteiger partial charge >= 0.3 is 0 Å². The Bertz CT molecular complexity index is 3310. The van der Waals surface area contributed by atoms with Gasteiger partial charge in [0.15, 0.2) is 24.4 Å². The molecule has 3 aromatic rings. The maximum absolute atomic E-state index is 15.2. The predicted octanol–water partition coefficient (Wildman–Crippen LogP) is -11.1. The van der Waals surface area contributed by atoms with Gasteiger partial charge in [-0.3, -0.25) is 38.8 Å². The Morgan fingerprint density at radius 3 is 1.83 bits per heavy atom. The number of hydrogen-bond acceptors (Lipinski definition) is 31. The Morgan fingerprint density at radius 2 is 1.17 bits per heavy atom. The van der Waals surface area contributed by atoms with Gasteiger partial charge in [-0.15, -0.1) is 0 Å². The van der Waals surface area contributed by atoms with E-state index in [-0.39, 0.29) is 37.0 Å². The second-order valence-corrected chi connectivity index (χ2v) is 24.9. The molecule has 4 fully saturated rings. The Labute approximate surface area is 565 Å². The van der Waals surface area contributed by atoms with E-state index in [2.05, 4.69) is 47.2 Å². The van der Waals surface area contributed by atoms with Crippen molar-refractivity contribution >= 4 is 47.4 Å². The molecule has 0 unspecified atom stereocenters. The highest BCUT2D eigenvalue weighted by Crippen LogP contribution is 2.33. The van der Waals surface area contributed by atoms with Gasteiger partial charge in [0.2, 0.25) is 41.7 Å². The average molecular weight is 1400 g/mol. The van der Waals surface area contributed by atoms with Crippen molar-refractivity contribution in [3.63, 3.8) is 0 Å². The highest BCUT2D eigenvalue weighted by molar-refractivity contribution is 5.98. The van der Waals surface area contributed by atoms with Crippen LogP contribution in [0.4, 0.5) is 0 Å². The van der Waals surface area contributed by atoms with E-state index < -0.39 is 233 Å². The predicted molar refractivity (Wildman–Crippen MR) is 337 cm³/mol. The topological polar surface area (TPSA) is 585 Å². The maximum atomic E-state index is 15.2. The molecule has 37 nitrogen and oxygen atoms in total. The third-order valence-corrected chi connectivity index (χ3v) is 18.0.